The molecular weight excluding hydrogens is 420 g/mol. The molecule has 3 atom stereocenters. The van der Waals surface area contributed by atoms with Crippen LogP contribution in [-0.2, 0) is 0 Å². The van der Waals surface area contributed by atoms with E-state index in [1.165, 1.54) is 21.3 Å². The van der Waals surface area contributed by atoms with Gasteiger partial charge in [0, 0.05) is 17.8 Å². The summed E-state index contributed by atoms with van der Waals surface area (Å²) >= 11 is 0. The van der Waals surface area contributed by atoms with Crippen LogP contribution in [0.5, 0.6) is 34.5 Å². The maximum Gasteiger partial charge on any atom is 0.160 e. The van der Waals surface area contributed by atoms with E-state index in [9.17, 15) is 15.3 Å². The predicted octanol–water partition coefficient (Wildman–Crippen LogP) is 5.60. The van der Waals surface area contributed by atoms with Crippen molar-refractivity contribution in [1.82, 2.24) is 0 Å². The van der Waals surface area contributed by atoms with Gasteiger partial charge in [-0.15, -0.1) is 0 Å². The summed E-state index contributed by atoms with van der Waals surface area (Å²) in [4.78, 5) is 0. The molecule has 0 spiro atoms. The third-order valence-corrected chi connectivity index (χ3v) is 6.95. The molecule has 6 nitrogen and oxygen atoms in total. The zero-order valence-electron chi connectivity index (χ0n) is 19.8. The lowest BCUT2D eigenvalue weighted by Crippen LogP contribution is -2.07. The highest BCUT2D eigenvalue weighted by Crippen LogP contribution is 2.49. The molecule has 0 heterocycles. The van der Waals surface area contributed by atoms with Gasteiger partial charge in [-0.05, 0) is 69.8 Å². The molecule has 0 radical (unpaired) electrons. The van der Waals surface area contributed by atoms with E-state index in [0.717, 1.165) is 33.4 Å². The number of methoxy groups -OCH3 is 3. The van der Waals surface area contributed by atoms with Crippen LogP contribution in [0.25, 0.3) is 0 Å². The third kappa shape index (κ3) is 3.59. The van der Waals surface area contributed by atoms with Gasteiger partial charge < -0.3 is 29.5 Å². The topological polar surface area (TPSA) is 88.4 Å². The number of hydrogen-bond donors (Lipinski definition) is 3. The number of ether oxygens (including phenoxy) is 3. The van der Waals surface area contributed by atoms with E-state index in [-0.39, 0.29) is 35.0 Å². The van der Waals surface area contributed by atoms with Crippen LogP contribution in [0.1, 0.15) is 71.9 Å². The fraction of sp³-hybridized carbons (Fsp3) is 0.333. The molecule has 6 heteroatoms. The molecule has 0 aliphatic heterocycles. The van der Waals surface area contributed by atoms with Gasteiger partial charge >= 0.3 is 0 Å². The van der Waals surface area contributed by atoms with Crippen LogP contribution in [0, 0.1) is 0 Å². The molecule has 0 fully saturated rings. The second kappa shape index (κ2) is 8.43. The van der Waals surface area contributed by atoms with Gasteiger partial charge in [0.05, 0.1) is 21.3 Å². The monoisotopic (exact) mass is 450 g/mol. The number of fused-ring (bicyclic) bond motifs is 3. The molecule has 4 rings (SSSR count). The highest BCUT2D eigenvalue weighted by Gasteiger charge is 2.31. The van der Waals surface area contributed by atoms with Crippen LogP contribution in [0.2, 0.25) is 0 Å². The van der Waals surface area contributed by atoms with E-state index in [1.54, 1.807) is 18.2 Å². The van der Waals surface area contributed by atoms with E-state index in [4.69, 9.17) is 14.2 Å². The first-order valence-electron chi connectivity index (χ1n) is 10.9. The van der Waals surface area contributed by atoms with Crippen LogP contribution in [0.3, 0.4) is 0 Å². The Labute approximate surface area is 194 Å². The Morgan fingerprint density at radius 2 is 0.667 bits per heavy atom. The number of phenolic OH excluding ortho intramolecular Hbond substituents is 3. The Morgan fingerprint density at radius 1 is 0.455 bits per heavy atom. The molecule has 0 amide bonds. The van der Waals surface area contributed by atoms with Crippen molar-refractivity contribution in [2.75, 3.05) is 21.3 Å². The van der Waals surface area contributed by atoms with Gasteiger partial charge in [-0.3, -0.25) is 0 Å². The molecular formula is C27H30O6. The second-order valence-corrected chi connectivity index (χ2v) is 8.62. The van der Waals surface area contributed by atoms with Crippen molar-refractivity contribution in [2.24, 2.45) is 0 Å². The SMILES string of the molecule is COc1cc2c(cc1O)C(C)c1cc(OC)c(O)cc1C(C)c1cc(OC)c(O)cc1C2C. The van der Waals surface area contributed by atoms with Crippen molar-refractivity contribution >= 4 is 0 Å². The summed E-state index contributed by atoms with van der Waals surface area (Å²) in [5, 5.41) is 31.8. The molecule has 174 valence electrons. The van der Waals surface area contributed by atoms with E-state index in [1.807, 2.05) is 18.2 Å². The summed E-state index contributed by atoms with van der Waals surface area (Å²) in [5.41, 5.74) is 5.75. The largest absolute Gasteiger partial charge is 0.504 e. The highest BCUT2D eigenvalue weighted by atomic mass is 16.5. The molecule has 3 N–H and O–H groups in total. The molecule has 1 aliphatic rings. The van der Waals surface area contributed by atoms with Crippen LogP contribution in [0.4, 0.5) is 0 Å². The van der Waals surface area contributed by atoms with Crippen molar-refractivity contribution in [1.29, 1.82) is 0 Å². The molecule has 33 heavy (non-hydrogen) atoms. The molecule has 0 saturated carbocycles. The standard InChI is InChI=1S/C27H30O6/c1-13-16-7-22(28)26(32-5)11-20(16)15(3)18-9-24(30)27(33-6)12-21(18)14(2)17-8-23(29)25(31-4)10-19(13)17/h7-15,28-30H,1-6H3. The Hall–Kier alpha value is -3.54. The Morgan fingerprint density at radius 3 is 0.879 bits per heavy atom. The minimum atomic E-state index is -0.115. The first kappa shape index (κ1) is 22.6. The van der Waals surface area contributed by atoms with E-state index >= 15 is 0 Å². The lowest BCUT2D eigenvalue weighted by Gasteiger charge is -2.23. The summed E-state index contributed by atoms with van der Waals surface area (Å²) in [6.07, 6.45) is 0. The quantitative estimate of drug-likeness (QED) is 0.482. The third-order valence-electron chi connectivity index (χ3n) is 6.95. The Kier molecular flexibility index (Phi) is 5.78. The van der Waals surface area contributed by atoms with Crippen LogP contribution < -0.4 is 14.2 Å². The number of aromatic hydroxyl groups is 3. The van der Waals surface area contributed by atoms with Crippen LogP contribution in [0.15, 0.2) is 36.4 Å². The molecule has 0 saturated heterocycles. The predicted molar refractivity (Wildman–Crippen MR) is 127 cm³/mol. The van der Waals surface area contributed by atoms with E-state index in [2.05, 4.69) is 20.8 Å². The summed E-state index contributed by atoms with van der Waals surface area (Å²) in [7, 11) is 4.58. The summed E-state index contributed by atoms with van der Waals surface area (Å²) in [6, 6.07) is 10.8. The molecule has 0 aromatic heterocycles. The van der Waals surface area contributed by atoms with E-state index in [0.29, 0.717) is 17.2 Å². The Balaban J connectivity index is 2.13. The van der Waals surface area contributed by atoms with Gasteiger partial charge in [-0.2, -0.15) is 0 Å². The summed E-state index contributed by atoms with van der Waals surface area (Å²) < 4.78 is 16.2. The maximum absolute atomic E-state index is 10.6. The maximum atomic E-state index is 10.6. The van der Waals surface area contributed by atoms with Crippen molar-refractivity contribution in [2.45, 2.75) is 38.5 Å². The minimum Gasteiger partial charge on any atom is -0.504 e. The van der Waals surface area contributed by atoms with Gasteiger partial charge in [-0.25, -0.2) is 0 Å². The minimum absolute atomic E-state index is 0.0627. The number of phenols is 3. The number of rotatable bonds is 3. The van der Waals surface area contributed by atoms with Crippen molar-refractivity contribution in [3.63, 3.8) is 0 Å². The number of benzene rings is 3. The van der Waals surface area contributed by atoms with Crippen LogP contribution >= 0.6 is 0 Å². The number of hydrogen-bond acceptors (Lipinski definition) is 6. The first-order valence-corrected chi connectivity index (χ1v) is 10.9. The molecule has 3 unspecified atom stereocenters. The smallest absolute Gasteiger partial charge is 0.160 e. The molecule has 3 aromatic rings. The van der Waals surface area contributed by atoms with Gasteiger partial charge in [0.1, 0.15) is 0 Å². The Bertz CT molecular complexity index is 1060. The van der Waals surface area contributed by atoms with Gasteiger partial charge in [0.25, 0.3) is 0 Å². The molecule has 0 bridgehead atoms. The second-order valence-electron chi connectivity index (χ2n) is 8.62. The van der Waals surface area contributed by atoms with Gasteiger partial charge in [-0.1, -0.05) is 20.8 Å². The zero-order valence-corrected chi connectivity index (χ0v) is 19.8. The van der Waals surface area contributed by atoms with Gasteiger partial charge in [0.2, 0.25) is 0 Å². The first-order chi connectivity index (χ1) is 15.7. The fourth-order valence-corrected chi connectivity index (χ4v) is 5.04. The van der Waals surface area contributed by atoms with Crippen LogP contribution in [-0.4, -0.2) is 36.6 Å². The zero-order chi connectivity index (χ0) is 24.0. The summed E-state index contributed by atoms with van der Waals surface area (Å²) in [5.74, 6) is 1.02. The lowest BCUT2D eigenvalue weighted by molar-refractivity contribution is 0.371. The molecule has 3 aromatic carbocycles. The van der Waals surface area contributed by atoms with Crippen molar-refractivity contribution in [3.05, 3.63) is 69.8 Å². The van der Waals surface area contributed by atoms with E-state index < -0.39 is 0 Å². The average Bonchev–Trinajstić information content (AvgIpc) is 2.83. The molecule has 1 aliphatic carbocycles. The fourth-order valence-electron chi connectivity index (χ4n) is 5.04. The average molecular weight is 451 g/mol. The van der Waals surface area contributed by atoms with Gasteiger partial charge in [0.15, 0.2) is 34.5 Å². The van der Waals surface area contributed by atoms with Crippen molar-refractivity contribution in [3.8, 4) is 34.5 Å². The highest BCUT2D eigenvalue weighted by molar-refractivity contribution is 5.61. The lowest BCUT2D eigenvalue weighted by atomic mass is 9.82. The normalized spacial score (nSPS) is 19.3. The summed E-state index contributed by atoms with van der Waals surface area (Å²) in [6.45, 7) is 6.23. The van der Waals surface area contributed by atoms with Crippen molar-refractivity contribution < 1.29 is 29.5 Å².